The number of nitrogens with zero attached hydrogens (tertiary/aromatic N) is 1. The number of carbonyl (C=O) groups is 2. The maximum atomic E-state index is 12.3. The fourth-order valence-corrected chi connectivity index (χ4v) is 3.31. The summed E-state index contributed by atoms with van der Waals surface area (Å²) in [5.41, 5.74) is -0.912. The van der Waals surface area contributed by atoms with Crippen LogP contribution in [0.5, 0.6) is 0 Å². The highest BCUT2D eigenvalue weighted by molar-refractivity contribution is 5.78. The van der Waals surface area contributed by atoms with Crippen molar-refractivity contribution in [1.29, 1.82) is 0 Å². The lowest BCUT2D eigenvalue weighted by atomic mass is 9.93. The third-order valence-corrected chi connectivity index (χ3v) is 4.30. The topological polar surface area (TPSA) is 79.9 Å². The first-order valence-corrected chi connectivity index (χ1v) is 8.76. The SMILES string of the molecule is CC(C)NC(=O)CNC1CCOC12CCN(C(=O)OC(C)(C)C)C2. The molecule has 0 saturated carbocycles. The quantitative estimate of drug-likeness (QED) is 0.805. The summed E-state index contributed by atoms with van der Waals surface area (Å²) in [7, 11) is 0. The van der Waals surface area contributed by atoms with Crippen LogP contribution in [0.25, 0.3) is 0 Å². The molecule has 0 radical (unpaired) electrons. The van der Waals surface area contributed by atoms with Crippen LogP contribution in [0.15, 0.2) is 0 Å². The molecule has 2 fully saturated rings. The molecule has 2 N–H and O–H groups in total. The molecule has 138 valence electrons. The summed E-state index contributed by atoms with van der Waals surface area (Å²) < 4.78 is 11.4. The van der Waals surface area contributed by atoms with Gasteiger partial charge in [0.1, 0.15) is 11.2 Å². The molecule has 2 aliphatic rings. The first-order valence-electron chi connectivity index (χ1n) is 8.76. The molecule has 2 rings (SSSR count). The summed E-state index contributed by atoms with van der Waals surface area (Å²) >= 11 is 0. The van der Waals surface area contributed by atoms with Crippen molar-refractivity contribution in [3.8, 4) is 0 Å². The zero-order valence-corrected chi connectivity index (χ0v) is 15.5. The molecular weight excluding hydrogens is 310 g/mol. The molecule has 2 saturated heterocycles. The van der Waals surface area contributed by atoms with Crippen molar-refractivity contribution >= 4 is 12.0 Å². The van der Waals surface area contributed by atoms with Crippen molar-refractivity contribution in [3.63, 3.8) is 0 Å². The summed E-state index contributed by atoms with van der Waals surface area (Å²) in [6.45, 7) is 11.5. The first kappa shape index (κ1) is 19.0. The normalized spacial score (nSPS) is 27.1. The van der Waals surface area contributed by atoms with Gasteiger partial charge in [0.15, 0.2) is 0 Å². The van der Waals surface area contributed by atoms with E-state index in [1.54, 1.807) is 4.90 Å². The Balaban J connectivity index is 1.90. The van der Waals surface area contributed by atoms with Crippen LogP contribution >= 0.6 is 0 Å². The Morgan fingerprint density at radius 2 is 2.08 bits per heavy atom. The second-order valence-electron chi connectivity index (χ2n) is 8.01. The molecule has 0 bridgehead atoms. The Morgan fingerprint density at radius 1 is 1.38 bits per heavy atom. The highest BCUT2D eigenvalue weighted by Gasteiger charge is 2.50. The third-order valence-electron chi connectivity index (χ3n) is 4.30. The molecule has 2 amide bonds. The van der Waals surface area contributed by atoms with E-state index in [4.69, 9.17) is 9.47 Å². The average molecular weight is 341 g/mol. The van der Waals surface area contributed by atoms with Crippen LogP contribution in [0.4, 0.5) is 4.79 Å². The molecular formula is C17H31N3O4. The lowest BCUT2D eigenvalue weighted by Crippen LogP contribution is -2.52. The van der Waals surface area contributed by atoms with Crippen molar-refractivity contribution in [2.75, 3.05) is 26.2 Å². The number of rotatable bonds is 4. The highest BCUT2D eigenvalue weighted by atomic mass is 16.6. The number of amides is 2. The van der Waals surface area contributed by atoms with Gasteiger partial charge in [-0.2, -0.15) is 0 Å². The fraction of sp³-hybridized carbons (Fsp3) is 0.882. The summed E-state index contributed by atoms with van der Waals surface area (Å²) in [6.07, 6.45) is 1.30. The van der Waals surface area contributed by atoms with E-state index in [1.165, 1.54) is 0 Å². The van der Waals surface area contributed by atoms with Crippen LogP contribution < -0.4 is 10.6 Å². The van der Waals surface area contributed by atoms with E-state index in [-0.39, 0.29) is 30.6 Å². The second kappa shape index (κ2) is 7.27. The van der Waals surface area contributed by atoms with Gasteiger partial charge in [-0.25, -0.2) is 4.79 Å². The van der Waals surface area contributed by atoms with E-state index in [1.807, 2.05) is 34.6 Å². The Labute approximate surface area is 144 Å². The minimum atomic E-state index is -0.504. The molecule has 2 heterocycles. The van der Waals surface area contributed by atoms with Crippen molar-refractivity contribution < 1.29 is 19.1 Å². The molecule has 24 heavy (non-hydrogen) atoms. The van der Waals surface area contributed by atoms with Crippen LogP contribution in [0.2, 0.25) is 0 Å². The number of nitrogens with one attached hydrogen (secondary N) is 2. The van der Waals surface area contributed by atoms with Crippen LogP contribution in [-0.4, -0.2) is 66.4 Å². The van der Waals surface area contributed by atoms with Gasteiger partial charge in [0.2, 0.25) is 5.91 Å². The molecule has 0 aromatic heterocycles. The molecule has 2 unspecified atom stereocenters. The first-order chi connectivity index (χ1) is 11.1. The Kier molecular flexibility index (Phi) is 5.75. The Hall–Kier alpha value is -1.34. The van der Waals surface area contributed by atoms with Crippen LogP contribution in [0, 0.1) is 0 Å². The van der Waals surface area contributed by atoms with Crippen LogP contribution in [0.1, 0.15) is 47.5 Å². The predicted molar refractivity (Wildman–Crippen MR) is 90.8 cm³/mol. The minimum absolute atomic E-state index is 0.0194. The summed E-state index contributed by atoms with van der Waals surface area (Å²) in [5.74, 6) is -0.0194. The number of carbonyl (C=O) groups excluding carboxylic acids is 2. The van der Waals surface area contributed by atoms with Gasteiger partial charge in [-0.15, -0.1) is 0 Å². The molecule has 7 heteroatoms. The van der Waals surface area contributed by atoms with Crippen molar-refractivity contribution in [1.82, 2.24) is 15.5 Å². The van der Waals surface area contributed by atoms with Gasteiger partial charge >= 0.3 is 6.09 Å². The zero-order valence-electron chi connectivity index (χ0n) is 15.5. The van der Waals surface area contributed by atoms with E-state index in [9.17, 15) is 9.59 Å². The van der Waals surface area contributed by atoms with Gasteiger partial charge in [-0.1, -0.05) is 0 Å². The maximum absolute atomic E-state index is 12.3. The van der Waals surface area contributed by atoms with Gasteiger partial charge in [-0.3, -0.25) is 4.79 Å². The predicted octanol–water partition coefficient (Wildman–Crippen LogP) is 1.27. The zero-order chi connectivity index (χ0) is 18.0. The van der Waals surface area contributed by atoms with Crippen molar-refractivity contribution in [2.24, 2.45) is 0 Å². The van der Waals surface area contributed by atoms with E-state index < -0.39 is 11.2 Å². The van der Waals surface area contributed by atoms with Crippen molar-refractivity contribution in [3.05, 3.63) is 0 Å². The van der Waals surface area contributed by atoms with Gasteiger partial charge in [-0.05, 0) is 47.5 Å². The number of hydrogen-bond acceptors (Lipinski definition) is 5. The minimum Gasteiger partial charge on any atom is -0.444 e. The molecule has 7 nitrogen and oxygen atoms in total. The molecule has 1 spiro atoms. The lowest BCUT2D eigenvalue weighted by molar-refractivity contribution is -0.121. The number of likely N-dealkylation sites (tertiary alicyclic amines) is 1. The molecule has 2 atom stereocenters. The molecule has 0 aromatic carbocycles. The highest BCUT2D eigenvalue weighted by Crippen LogP contribution is 2.35. The van der Waals surface area contributed by atoms with E-state index >= 15 is 0 Å². The standard InChI is InChI=1S/C17H31N3O4/c1-12(2)19-14(21)10-18-13-6-9-23-17(13)7-8-20(11-17)15(22)24-16(3,4)5/h12-13,18H,6-11H2,1-5H3,(H,19,21). The number of hydrogen-bond donors (Lipinski definition) is 2. The Morgan fingerprint density at radius 3 is 2.71 bits per heavy atom. The van der Waals surface area contributed by atoms with Gasteiger partial charge < -0.3 is 25.0 Å². The maximum Gasteiger partial charge on any atom is 0.410 e. The molecule has 0 aliphatic carbocycles. The fourth-order valence-electron chi connectivity index (χ4n) is 3.31. The third kappa shape index (κ3) is 4.83. The summed E-state index contributed by atoms with van der Waals surface area (Å²) in [6, 6.07) is 0.199. The summed E-state index contributed by atoms with van der Waals surface area (Å²) in [4.78, 5) is 25.8. The van der Waals surface area contributed by atoms with E-state index in [2.05, 4.69) is 10.6 Å². The smallest absolute Gasteiger partial charge is 0.410 e. The monoisotopic (exact) mass is 341 g/mol. The molecule has 2 aliphatic heterocycles. The number of ether oxygens (including phenoxy) is 2. The summed E-state index contributed by atoms with van der Waals surface area (Å²) in [5, 5.41) is 6.18. The van der Waals surface area contributed by atoms with Gasteiger partial charge in [0.25, 0.3) is 0 Å². The van der Waals surface area contributed by atoms with Gasteiger partial charge in [0.05, 0.1) is 13.1 Å². The lowest BCUT2D eigenvalue weighted by Gasteiger charge is -2.31. The Bertz CT molecular complexity index is 475. The largest absolute Gasteiger partial charge is 0.444 e. The van der Waals surface area contributed by atoms with Crippen LogP contribution in [-0.2, 0) is 14.3 Å². The second-order valence-corrected chi connectivity index (χ2v) is 8.01. The van der Waals surface area contributed by atoms with E-state index in [0.29, 0.717) is 19.7 Å². The van der Waals surface area contributed by atoms with Gasteiger partial charge in [0, 0.05) is 25.2 Å². The molecule has 0 aromatic rings. The van der Waals surface area contributed by atoms with Crippen LogP contribution in [0.3, 0.4) is 0 Å². The van der Waals surface area contributed by atoms with E-state index in [0.717, 1.165) is 12.8 Å². The van der Waals surface area contributed by atoms with Crippen molar-refractivity contribution in [2.45, 2.75) is 70.7 Å². The average Bonchev–Trinajstić information content (AvgIpc) is 3.02.